The Bertz CT molecular complexity index is 182. The molecule has 0 unspecified atom stereocenters. The third-order valence-corrected chi connectivity index (χ3v) is 1.86. The minimum atomic E-state index is -1.03. The fourth-order valence-corrected chi connectivity index (χ4v) is 1.14. The lowest BCUT2D eigenvalue weighted by molar-refractivity contribution is -0.151. The van der Waals surface area contributed by atoms with E-state index in [9.17, 15) is 4.79 Å². The van der Waals surface area contributed by atoms with Crippen molar-refractivity contribution < 1.29 is 15.1 Å². The maximum absolute atomic E-state index is 10.3. The second kappa shape index (κ2) is 2.51. The summed E-state index contributed by atoms with van der Waals surface area (Å²) in [6, 6.07) is -0.826. The molecule has 1 atom stereocenters. The number of hydrogen-bond acceptors (Lipinski definition) is 3. The van der Waals surface area contributed by atoms with Gasteiger partial charge in [0, 0.05) is 6.42 Å². The summed E-state index contributed by atoms with van der Waals surface area (Å²) < 4.78 is 0. The first-order valence-corrected chi connectivity index (χ1v) is 3.27. The van der Waals surface area contributed by atoms with Crippen molar-refractivity contribution in [2.45, 2.75) is 18.9 Å². The van der Waals surface area contributed by atoms with Crippen LogP contribution in [0.15, 0.2) is 0 Å². The number of carboxylic acids is 1. The normalized spacial score (nSPS) is 25.5. The molecule has 1 rings (SSSR count). The Morgan fingerprint density at radius 2 is 2.40 bits per heavy atom. The van der Waals surface area contributed by atoms with E-state index in [0.717, 1.165) is 0 Å². The van der Waals surface area contributed by atoms with E-state index in [0.29, 0.717) is 22.9 Å². The highest BCUT2D eigenvalue weighted by molar-refractivity contribution is 7.80. The lowest BCUT2D eigenvalue weighted by Gasteiger charge is -2.13. The molecule has 0 amide bonds. The Labute approximate surface area is 63.0 Å². The maximum Gasteiger partial charge on any atom is 0.328 e. The van der Waals surface area contributed by atoms with Crippen molar-refractivity contribution in [1.29, 1.82) is 0 Å². The average Bonchev–Trinajstić information content (AvgIpc) is 2.14. The minimum absolute atomic E-state index is 0.312. The SMILES string of the molecule is O=C(O)[C@H]1CCC(=S)N1O. The van der Waals surface area contributed by atoms with E-state index < -0.39 is 12.0 Å². The molecular formula is C5H7NO3S. The van der Waals surface area contributed by atoms with E-state index in [-0.39, 0.29) is 0 Å². The van der Waals surface area contributed by atoms with Gasteiger partial charge in [0.2, 0.25) is 0 Å². The first-order chi connectivity index (χ1) is 4.63. The number of carboxylic acid groups (broad SMARTS) is 1. The van der Waals surface area contributed by atoms with E-state index in [1.54, 1.807) is 0 Å². The van der Waals surface area contributed by atoms with Gasteiger partial charge in [0.05, 0.1) is 0 Å². The van der Waals surface area contributed by atoms with Crippen LogP contribution >= 0.6 is 12.2 Å². The third kappa shape index (κ3) is 1.10. The number of hydrogen-bond donors (Lipinski definition) is 2. The topological polar surface area (TPSA) is 60.8 Å². The Morgan fingerprint density at radius 1 is 1.80 bits per heavy atom. The largest absolute Gasteiger partial charge is 0.480 e. The summed E-state index contributed by atoms with van der Waals surface area (Å²) in [5.74, 6) is -1.03. The minimum Gasteiger partial charge on any atom is -0.480 e. The molecule has 1 heterocycles. The molecule has 0 saturated carbocycles. The van der Waals surface area contributed by atoms with Crippen LogP contribution in [0.4, 0.5) is 0 Å². The second-order valence-corrected chi connectivity index (χ2v) is 2.60. The predicted molar refractivity (Wildman–Crippen MR) is 36.9 cm³/mol. The molecule has 1 fully saturated rings. The maximum atomic E-state index is 10.3. The smallest absolute Gasteiger partial charge is 0.328 e. The third-order valence-electron chi connectivity index (χ3n) is 1.47. The van der Waals surface area contributed by atoms with Crippen molar-refractivity contribution in [3.8, 4) is 0 Å². The van der Waals surface area contributed by atoms with Crippen molar-refractivity contribution in [2.24, 2.45) is 0 Å². The molecule has 56 valence electrons. The molecule has 4 nitrogen and oxygen atoms in total. The van der Waals surface area contributed by atoms with E-state index in [4.69, 9.17) is 10.3 Å². The Kier molecular flexibility index (Phi) is 1.87. The Morgan fingerprint density at radius 3 is 2.60 bits per heavy atom. The molecule has 0 aromatic heterocycles. The monoisotopic (exact) mass is 161 g/mol. The van der Waals surface area contributed by atoms with Crippen LogP contribution in [-0.4, -0.2) is 32.4 Å². The average molecular weight is 161 g/mol. The number of hydroxylamine groups is 2. The Hall–Kier alpha value is -0.680. The molecular weight excluding hydrogens is 154 g/mol. The van der Waals surface area contributed by atoms with Crippen LogP contribution in [0.3, 0.4) is 0 Å². The molecule has 0 bridgehead atoms. The number of nitrogens with zero attached hydrogens (tertiary/aromatic N) is 1. The molecule has 0 radical (unpaired) electrons. The van der Waals surface area contributed by atoms with Gasteiger partial charge in [-0.2, -0.15) is 0 Å². The van der Waals surface area contributed by atoms with Crippen molar-refractivity contribution in [1.82, 2.24) is 5.06 Å². The number of thiocarbonyl (C=S) groups is 1. The van der Waals surface area contributed by atoms with Crippen LogP contribution in [0.25, 0.3) is 0 Å². The summed E-state index contributed by atoms with van der Waals surface area (Å²) in [6.07, 6.45) is 0.896. The zero-order valence-corrected chi connectivity index (χ0v) is 5.97. The van der Waals surface area contributed by atoms with Crippen LogP contribution in [0.5, 0.6) is 0 Å². The van der Waals surface area contributed by atoms with Crippen molar-refractivity contribution >= 4 is 23.2 Å². The molecule has 0 aromatic carbocycles. The van der Waals surface area contributed by atoms with Crippen LogP contribution in [0.2, 0.25) is 0 Å². The summed E-state index contributed by atoms with van der Waals surface area (Å²) in [5, 5.41) is 18.0. The van der Waals surface area contributed by atoms with Gasteiger partial charge in [0.25, 0.3) is 0 Å². The van der Waals surface area contributed by atoms with Crippen LogP contribution in [0.1, 0.15) is 12.8 Å². The fraction of sp³-hybridized carbons (Fsp3) is 0.600. The molecule has 2 N–H and O–H groups in total. The first-order valence-electron chi connectivity index (χ1n) is 2.86. The van der Waals surface area contributed by atoms with Crippen LogP contribution < -0.4 is 0 Å². The summed E-state index contributed by atoms with van der Waals surface area (Å²) in [6.45, 7) is 0. The first kappa shape index (κ1) is 7.43. The van der Waals surface area contributed by atoms with Gasteiger partial charge >= 0.3 is 5.97 Å². The molecule has 5 heteroatoms. The molecule has 1 aliphatic heterocycles. The van der Waals surface area contributed by atoms with E-state index in [1.807, 2.05) is 0 Å². The van der Waals surface area contributed by atoms with Gasteiger partial charge in [0.15, 0.2) is 6.04 Å². The van der Waals surface area contributed by atoms with Crippen LogP contribution in [-0.2, 0) is 4.79 Å². The van der Waals surface area contributed by atoms with Gasteiger partial charge in [0.1, 0.15) is 4.99 Å². The van der Waals surface area contributed by atoms with E-state index in [2.05, 4.69) is 12.2 Å². The number of rotatable bonds is 1. The van der Waals surface area contributed by atoms with Gasteiger partial charge < -0.3 is 5.11 Å². The van der Waals surface area contributed by atoms with Crippen molar-refractivity contribution in [2.75, 3.05) is 0 Å². The molecule has 0 spiro atoms. The lowest BCUT2D eigenvalue weighted by atomic mass is 10.2. The van der Waals surface area contributed by atoms with Crippen molar-refractivity contribution in [3.63, 3.8) is 0 Å². The lowest BCUT2D eigenvalue weighted by Crippen LogP contribution is -2.34. The van der Waals surface area contributed by atoms with E-state index in [1.165, 1.54) is 0 Å². The van der Waals surface area contributed by atoms with Crippen molar-refractivity contribution in [3.05, 3.63) is 0 Å². The zero-order valence-electron chi connectivity index (χ0n) is 5.15. The van der Waals surface area contributed by atoms with Gasteiger partial charge in [-0.3, -0.25) is 5.21 Å². The predicted octanol–water partition coefficient (Wildman–Crippen LogP) is 0.252. The summed E-state index contributed by atoms with van der Waals surface area (Å²) in [7, 11) is 0. The fourth-order valence-electron chi connectivity index (χ4n) is 0.899. The summed E-state index contributed by atoms with van der Waals surface area (Å²) in [4.78, 5) is 10.6. The Balaban J connectivity index is 2.66. The van der Waals surface area contributed by atoms with Gasteiger partial charge in [-0.05, 0) is 6.42 Å². The highest BCUT2D eigenvalue weighted by atomic mass is 32.1. The highest BCUT2D eigenvalue weighted by Crippen LogP contribution is 2.17. The van der Waals surface area contributed by atoms with E-state index >= 15 is 0 Å². The number of aliphatic carboxylic acids is 1. The molecule has 0 aromatic rings. The molecule has 0 aliphatic carbocycles. The van der Waals surface area contributed by atoms with Gasteiger partial charge in [-0.25, -0.2) is 9.86 Å². The summed E-state index contributed by atoms with van der Waals surface area (Å²) >= 11 is 4.65. The molecule has 10 heavy (non-hydrogen) atoms. The summed E-state index contributed by atoms with van der Waals surface area (Å²) in [5.41, 5.74) is 0. The van der Waals surface area contributed by atoms with Crippen LogP contribution in [0, 0.1) is 0 Å². The zero-order chi connectivity index (χ0) is 7.72. The molecule has 1 saturated heterocycles. The standard InChI is InChI=1S/C5H7NO3S/c7-5(8)3-1-2-4(10)6(3)9/h3,9H,1-2H2,(H,7,8)/t3-/m1/s1. The van der Waals surface area contributed by atoms with Gasteiger partial charge in [-0.15, -0.1) is 0 Å². The highest BCUT2D eigenvalue weighted by Gasteiger charge is 2.32. The molecule has 1 aliphatic rings. The number of carbonyl (C=O) groups is 1. The van der Waals surface area contributed by atoms with Gasteiger partial charge in [-0.1, -0.05) is 12.2 Å². The second-order valence-electron chi connectivity index (χ2n) is 2.13. The quantitative estimate of drug-likeness (QED) is 0.540.